The average molecular weight is 368 g/mol. The molecule has 3 N–H and O–H groups in total. The van der Waals surface area contributed by atoms with Crippen LogP contribution in [0.15, 0.2) is 42.5 Å². The van der Waals surface area contributed by atoms with E-state index in [1.54, 1.807) is 14.7 Å². The minimum atomic E-state index is -3.16. The van der Waals surface area contributed by atoms with Crippen LogP contribution in [0, 0.1) is 6.92 Å². The van der Waals surface area contributed by atoms with Crippen LogP contribution in [0.2, 0.25) is 5.02 Å². The van der Waals surface area contributed by atoms with Crippen molar-refractivity contribution in [3.8, 4) is 0 Å². The summed E-state index contributed by atoms with van der Waals surface area (Å²) >= 11 is 6.05. The summed E-state index contributed by atoms with van der Waals surface area (Å²) in [7, 11) is -1.27. The first kappa shape index (κ1) is 17.4. The zero-order valence-electron chi connectivity index (χ0n) is 13.7. The number of nitrogens with zero attached hydrogens (tertiary/aromatic N) is 2. The summed E-state index contributed by atoms with van der Waals surface area (Å²) in [4.78, 5) is 0. The van der Waals surface area contributed by atoms with Gasteiger partial charge in [0.1, 0.15) is 0 Å². The Bertz CT molecular complexity index is 742. The molecule has 0 fully saturated rings. The molecule has 5 nitrogen and oxygen atoms in total. The van der Waals surface area contributed by atoms with E-state index in [9.17, 15) is 9.11 Å². The van der Waals surface area contributed by atoms with E-state index in [0.29, 0.717) is 11.6 Å². The lowest BCUT2D eigenvalue weighted by molar-refractivity contribution is 0.483. The van der Waals surface area contributed by atoms with Gasteiger partial charge in [0.2, 0.25) is 0 Å². The molecule has 0 aromatic heterocycles. The molecule has 24 heavy (non-hydrogen) atoms. The van der Waals surface area contributed by atoms with Crippen molar-refractivity contribution in [3.05, 3.63) is 53.1 Å². The number of aryl methyl sites for hydroxylation is 1. The van der Waals surface area contributed by atoms with E-state index in [2.05, 4.69) is 5.32 Å². The van der Waals surface area contributed by atoms with E-state index in [1.165, 1.54) is 0 Å². The van der Waals surface area contributed by atoms with Crippen LogP contribution in [0.3, 0.4) is 0 Å². The molecular formula is C17H22ClN3O2S. The van der Waals surface area contributed by atoms with Crippen LogP contribution in [0.4, 0.5) is 17.1 Å². The van der Waals surface area contributed by atoms with E-state index in [1.807, 2.05) is 50.4 Å². The molecule has 7 heteroatoms. The van der Waals surface area contributed by atoms with Crippen LogP contribution in [-0.2, 0) is 0 Å². The molecule has 0 bridgehead atoms. The van der Waals surface area contributed by atoms with Crippen LogP contribution < -0.4 is 13.9 Å². The molecule has 0 saturated carbocycles. The molecule has 0 saturated heterocycles. The van der Waals surface area contributed by atoms with E-state index in [0.717, 1.165) is 35.6 Å². The van der Waals surface area contributed by atoms with E-state index in [-0.39, 0.29) is 0 Å². The first-order valence-electron chi connectivity index (χ1n) is 7.83. The lowest BCUT2D eigenvalue weighted by Gasteiger charge is -2.44. The van der Waals surface area contributed by atoms with Crippen molar-refractivity contribution in [1.82, 2.24) is 5.32 Å². The van der Waals surface area contributed by atoms with E-state index >= 15 is 0 Å². The van der Waals surface area contributed by atoms with Gasteiger partial charge in [0, 0.05) is 11.6 Å². The summed E-state index contributed by atoms with van der Waals surface area (Å²) in [5.74, 6) is 0. The lowest BCUT2D eigenvalue weighted by Crippen LogP contribution is -2.33. The first-order chi connectivity index (χ1) is 11.5. The van der Waals surface area contributed by atoms with Crippen molar-refractivity contribution in [2.24, 2.45) is 0 Å². The van der Waals surface area contributed by atoms with Crippen molar-refractivity contribution in [2.45, 2.75) is 13.3 Å². The normalized spacial score (nSPS) is 17.0. The number of benzene rings is 2. The fourth-order valence-electron chi connectivity index (χ4n) is 2.96. The Balaban J connectivity index is 2.06. The third kappa shape index (κ3) is 2.96. The topological polar surface area (TPSA) is 59.0 Å². The highest BCUT2D eigenvalue weighted by atomic mass is 35.5. The minimum Gasteiger partial charge on any atom is -0.320 e. The largest absolute Gasteiger partial charge is 0.320 e. The molecule has 1 aliphatic rings. The molecule has 130 valence electrons. The predicted octanol–water partition coefficient (Wildman–Crippen LogP) is 4.80. The van der Waals surface area contributed by atoms with Gasteiger partial charge in [0.05, 0.1) is 17.1 Å². The van der Waals surface area contributed by atoms with Crippen LogP contribution in [-0.4, -0.2) is 29.2 Å². The summed E-state index contributed by atoms with van der Waals surface area (Å²) in [6, 6.07) is 13.1. The lowest BCUT2D eigenvalue weighted by atomic mass is 10.2. The van der Waals surface area contributed by atoms with Gasteiger partial charge in [-0.3, -0.25) is 13.4 Å². The van der Waals surface area contributed by atoms with Crippen molar-refractivity contribution < 1.29 is 9.11 Å². The van der Waals surface area contributed by atoms with Gasteiger partial charge in [0.15, 0.2) is 0 Å². The summed E-state index contributed by atoms with van der Waals surface area (Å²) < 4.78 is 25.4. The van der Waals surface area contributed by atoms with Gasteiger partial charge in [0.25, 0.3) is 0 Å². The smallest absolute Gasteiger partial charge is 0.0896 e. The molecule has 0 aliphatic carbocycles. The molecule has 0 radical (unpaired) electrons. The Hall–Kier alpha value is -1.44. The number of para-hydroxylation sites is 2. The minimum absolute atomic E-state index is 0.559. The van der Waals surface area contributed by atoms with Gasteiger partial charge in [-0.15, -0.1) is 0 Å². The Morgan fingerprint density at radius 2 is 1.79 bits per heavy atom. The summed E-state index contributed by atoms with van der Waals surface area (Å²) in [6.07, 6.45) is 0.814. The Morgan fingerprint density at radius 1 is 1.08 bits per heavy atom. The number of halogens is 1. The average Bonchev–Trinajstić information content (AvgIpc) is 2.76. The van der Waals surface area contributed by atoms with Gasteiger partial charge in [-0.1, -0.05) is 23.7 Å². The highest BCUT2D eigenvalue weighted by Crippen LogP contribution is 2.64. The molecule has 1 aliphatic heterocycles. The second kappa shape index (κ2) is 6.82. The summed E-state index contributed by atoms with van der Waals surface area (Å²) in [5, 5.41) is 3.72. The van der Waals surface area contributed by atoms with E-state index in [4.69, 9.17) is 11.6 Å². The van der Waals surface area contributed by atoms with Crippen LogP contribution in [0.5, 0.6) is 0 Å². The Labute approximate surface area is 149 Å². The third-order valence-electron chi connectivity index (χ3n) is 4.08. The zero-order valence-corrected chi connectivity index (χ0v) is 15.3. The third-order valence-corrected chi connectivity index (χ3v) is 6.16. The highest BCUT2D eigenvalue weighted by molar-refractivity contribution is 8.27. The SMILES string of the molecule is CNCCCN1c2ccccc2N(c2ccc(Cl)cc2C)S1(O)O. The standard InChI is InChI=1S/C17H22ClN3O2S/c1-13-12-14(18)8-9-15(13)21-17-7-4-3-6-16(17)20(24(21,22)23)11-5-10-19-2/h3-4,6-9,12,19,22-23H,5,10-11H2,1-2H3. The second-order valence-corrected chi connectivity index (χ2v) is 7.99. The second-order valence-electron chi connectivity index (χ2n) is 5.76. The van der Waals surface area contributed by atoms with E-state index < -0.39 is 11.0 Å². The Morgan fingerprint density at radius 3 is 2.46 bits per heavy atom. The maximum atomic E-state index is 11.0. The predicted molar refractivity (Wildman–Crippen MR) is 104 cm³/mol. The van der Waals surface area contributed by atoms with Crippen molar-refractivity contribution in [3.63, 3.8) is 0 Å². The number of rotatable bonds is 5. The van der Waals surface area contributed by atoms with Crippen LogP contribution in [0.25, 0.3) is 0 Å². The molecule has 3 rings (SSSR count). The molecule has 0 atom stereocenters. The quantitative estimate of drug-likeness (QED) is 0.663. The number of hydrogen-bond donors (Lipinski definition) is 3. The van der Waals surface area contributed by atoms with Crippen molar-refractivity contribution >= 4 is 39.6 Å². The van der Waals surface area contributed by atoms with Gasteiger partial charge in [-0.25, -0.2) is 4.31 Å². The fraction of sp³-hybridized carbons (Fsp3) is 0.294. The molecule has 2 aromatic rings. The maximum absolute atomic E-state index is 11.0. The fourth-order valence-corrected chi connectivity index (χ4v) is 5.06. The maximum Gasteiger partial charge on any atom is 0.0896 e. The number of hydrogen-bond acceptors (Lipinski definition) is 5. The first-order valence-corrected chi connectivity index (χ1v) is 9.66. The van der Waals surface area contributed by atoms with Crippen LogP contribution in [0.1, 0.15) is 12.0 Å². The van der Waals surface area contributed by atoms with Crippen LogP contribution >= 0.6 is 22.6 Å². The molecule has 1 heterocycles. The van der Waals surface area contributed by atoms with Gasteiger partial charge in [-0.2, -0.15) is 0 Å². The Kier molecular flexibility index (Phi) is 4.94. The molecule has 0 unspecified atom stereocenters. The summed E-state index contributed by atoms with van der Waals surface area (Å²) in [5.41, 5.74) is 3.28. The number of nitrogens with one attached hydrogen (secondary N) is 1. The molecule has 2 aromatic carbocycles. The number of fused-ring (bicyclic) bond motifs is 1. The number of anilines is 3. The monoisotopic (exact) mass is 367 g/mol. The van der Waals surface area contributed by atoms with Crippen molar-refractivity contribution in [2.75, 3.05) is 28.7 Å². The molecule has 0 amide bonds. The zero-order chi connectivity index (χ0) is 17.3. The van der Waals surface area contributed by atoms with Crippen molar-refractivity contribution in [1.29, 1.82) is 0 Å². The molecule has 0 spiro atoms. The van der Waals surface area contributed by atoms with Gasteiger partial charge in [-0.05, 0) is 73.8 Å². The molecular weight excluding hydrogens is 346 g/mol. The summed E-state index contributed by atoms with van der Waals surface area (Å²) in [6.45, 7) is 3.29. The van der Waals surface area contributed by atoms with Gasteiger partial charge >= 0.3 is 0 Å². The van der Waals surface area contributed by atoms with Gasteiger partial charge < -0.3 is 5.32 Å². The highest BCUT2D eigenvalue weighted by Gasteiger charge is 2.41.